The van der Waals surface area contributed by atoms with Crippen LogP contribution in [-0.2, 0) is 0 Å². The first-order valence-corrected chi connectivity index (χ1v) is 9.86. The van der Waals surface area contributed by atoms with Crippen molar-refractivity contribution in [2.24, 2.45) is 0 Å². The van der Waals surface area contributed by atoms with E-state index >= 15 is 0 Å². The van der Waals surface area contributed by atoms with Crippen LogP contribution in [0.15, 0.2) is 36.7 Å². The molecule has 0 bridgehead atoms. The number of hydrogen-bond acceptors (Lipinski definition) is 5. The lowest BCUT2D eigenvalue weighted by Crippen LogP contribution is -2.46. The first-order valence-electron chi connectivity index (χ1n) is 9.86. The number of nitrogens with one attached hydrogen (secondary N) is 2. The van der Waals surface area contributed by atoms with Gasteiger partial charge in [-0.2, -0.15) is 0 Å². The van der Waals surface area contributed by atoms with Crippen LogP contribution in [0.4, 0.5) is 10.2 Å². The van der Waals surface area contributed by atoms with Crippen molar-refractivity contribution < 1.29 is 9.13 Å². The van der Waals surface area contributed by atoms with Gasteiger partial charge in [0.2, 0.25) is 0 Å². The van der Waals surface area contributed by atoms with E-state index < -0.39 is 6.17 Å². The van der Waals surface area contributed by atoms with E-state index in [2.05, 4.69) is 26.2 Å². The molecule has 1 aliphatic heterocycles. The van der Waals surface area contributed by atoms with Crippen LogP contribution < -0.4 is 15.4 Å². The molecule has 2 N–H and O–H groups in total. The molecule has 146 valence electrons. The van der Waals surface area contributed by atoms with E-state index in [0.29, 0.717) is 24.7 Å². The Balaban J connectivity index is 1.49. The highest BCUT2D eigenvalue weighted by atomic mass is 19.1. The number of ether oxygens (including phenoxy) is 1. The number of pyridine rings is 2. The summed E-state index contributed by atoms with van der Waals surface area (Å²) >= 11 is 0. The van der Waals surface area contributed by atoms with Crippen molar-refractivity contribution in [1.29, 1.82) is 0 Å². The van der Waals surface area contributed by atoms with Gasteiger partial charge in [0, 0.05) is 24.4 Å². The molecule has 2 atom stereocenters. The number of aromatic nitrogens is 3. The van der Waals surface area contributed by atoms with Gasteiger partial charge in [-0.25, -0.2) is 14.4 Å². The fourth-order valence-corrected chi connectivity index (χ4v) is 3.90. The van der Waals surface area contributed by atoms with E-state index in [1.165, 1.54) is 18.4 Å². The summed E-state index contributed by atoms with van der Waals surface area (Å²) < 4.78 is 21.8. The summed E-state index contributed by atoms with van der Waals surface area (Å²) in [6, 6.07) is 7.51. The summed E-state index contributed by atoms with van der Waals surface area (Å²) in [6.07, 6.45) is 6.01. The number of imidazole rings is 1. The standard InChI is InChI=1S/C21H24FN5O/c1-28-19-9-21-24-11-18(27(21)12-14(19)13-5-6-13)16-3-2-4-20(25-16)26-17-10-23-8-7-15(17)22/h2-4,9,11-13,15,17,23H,5-8,10H2,1H3,(H,25,26)/t15-,17-/m0/s1. The highest BCUT2D eigenvalue weighted by Crippen LogP contribution is 2.44. The molecule has 2 aliphatic rings. The van der Waals surface area contributed by atoms with Crippen molar-refractivity contribution in [2.75, 3.05) is 25.5 Å². The molecular weight excluding hydrogens is 357 g/mol. The van der Waals surface area contributed by atoms with Crippen molar-refractivity contribution in [3.63, 3.8) is 0 Å². The Labute approximate surface area is 163 Å². The van der Waals surface area contributed by atoms with Crippen molar-refractivity contribution in [3.8, 4) is 17.1 Å². The van der Waals surface area contributed by atoms with E-state index in [-0.39, 0.29) is 6.04 Å². The SMILES string of the molecule is COc1cc2ncc(-c3cccc(N[C@H]4CNCC[C@@H]4F)n3)n2cc1C1CC1. The molecule has 0 radical (unpaired) electrons. The third kappa shape index (κ3) is 3.20. The number of hydrogen-bond donors (Lipinski definition) is 2. The largest absolute Gasteiger partial charge is 0.496 e. The average Bonchev–Trinajstić information content (AvgIpc) is 3.48. The fourth-order valence-electron chi connectivity index (χ4n) is 3.90. The lowest BCUT2D eigenvalue weighted by atomic mass is 10.1. The fraction of sp³-hybridized carbons (Fsp3) is 0.429. The molecule has 7 heteroatoms. The Bertz CT molecular complexity index is 1000. The summed E-state index contributed by atoms with van der Waals surface area (Å²) in [5, 5.41) is 6.47. The monoisotopic (exact) mass is 381 g/mol. The lowest BCUT2D eigenvalue weighted by molar-refractivity contribution is 0.241. The van der Waals surface area contributed by atoms with Crippen LogP contribution in [-0.4, -0.2) is 46.8 Å². The van der Waals surface area contributed by atoms with E-state index in [4.69, 9.17) is 9.72 Å². The predicted octanol–water partition coefficient (Wildman–Crippen LogP) is 3.39. The summed E-state index contributed by atoms with van der Waals surface area (Å²) in [4.78, 5) is 9.26. The number of anilines is 1. The molecule has 0 amide bonds. The Morgan fingerprint density at radius 1 is 1.29 bits per heavy atom. The third-order valence-corrected chi connectivity index (χ3v) is 5.62. The maximum atomic E-state index is 14.2. The maximum absolute atomic E-state index is 14.2. The topological polar surface area (TPSA) is 63.5 Å². The molecule has 1 saturated carbocycles. The van der Waals surface area contributed by atoms with Crippen molar-refractivity contribution in [2.45, 2.75) is 37.4 Å². The Hall–Kier alpha value is -2.67. The molecule has 0 aromatic carbocycles. The molecule has 1 aliphatic carbocycles. The van der Waals surface area contributed by atoms with E-state index in [9.17, 15) is 4.39 Å². The van der Waals surface area contributed by atoms with Crippen LogP contribution in [0.2, 0.25) is 0 Å². The van der Waals surface area contributed by atoms with Gasteiger partial charge in [-0.05, 0) is 43.9 Å². The number of rotatable bonds is 5. The minimum Gasteiger partial charge on any atom is -0.496 e. The van der Waals surface area contributed by atoms with Crippen LogP contribution in [0.1, 0.15) is 30.7 Å². The number of piperidine rings is 1. The summed E-state index contributed by atoms with van der Waals surface area (Å²) in [6.45, 7) is 1.33. The Morgan fingerprint density at radius 2 is 2.18 bits per heavy atom. The van der Waals surface area contributed by atoms with Crippen molar-refractivity contribution >= 4 is 11.5 Å². The van der Waals surface area contributed by atoms with E-state index in [1.807, 2.05) is 30.5 Å². The zero-order valence-corrected chi connectivity index (χ0v) is 15.9. The van der Waals surface area contributed by atoms with E-state index in [1.54, 1.807) is 7.11 Å². The van der Waals surface area contributed by atoms with Gasteiger partial charge in [0.05, 0.1) is 30.7 Å². The van der Waals surface area contributed by atoms with Gasteiger partial charge in [0.15, 0.2) is 0 Å². The van der Waals surface area contributed by atoms with Gasteiger partial charge < -0.3 is 15.4 Å². The molecule has 2 fully saturated rings. The minimum atomic E-state index is -0.865. The smallest absolute Gasteiger partial charge is 0.140 e. The first-order chi connectivity index (χ1) is 13.7. The van der Waals surface area contributed by atoms with Crippen LogP contribution >= 0.6 is 0 Å². The molecule has 1 saturated heterocycles. The normalized spacial score (nSPS) is 22.4. The summed E-state index contributed by atoms with van der Waals surface area (Å²) in [5.74, 6) is 2.14. The zero-order chi connectivity index (χ0) is 19.1. The van der Waals surface area contributed by atoms with Gasteiger partial charge in [0.25, 0.3) is 0 Å². The highest BCUT2D eigenvalue weighted by Gasteiger charge is 2.28. The lowest BCUT2D eigenvalue weighted by Gasteiger charge is -2.28. The summed E-state index contributed by atoms with van der Waals surface area (Å²) in [7, 11) is 1.70. The van der Waals surface area contributed by atoms with Gasteiger partial charge in [-0.3, -0.25) is 4.40 Å². The molecule has 6 nitrogen and oxygen atoms in total. The Kier molecular flexibility index (Phi) is 4.39. The van der Waals surface area contributed by atoms with Crippen molar-refractivity contribution in [3.05, 3.63) is 42.2 Å². The molecule has 3 aromatic rings. The third-order valence-electron chi connectivity index (χ3n) is 5.62. The van der Waals surface area contributed by atoms with Gasteiger partial charge >= 0.3 is 0 Å². The van der Waals surface area contributed by atoms with Gasteiger partial charge in [-0.15, -0.1) is 0 Å². The number of methoxy groups -OCH3 is 1. The predicted molar refractivity (Wildman–Crippen MR) is 107 cm³/mol. The molecule has 0 unspecified atom stereocenters. The molecule has 5 rings (SSSR count). The molecule has 3 aromatic heterocycles. The van der Waals surface area contributed by atoms with Crippen LogP contribution in [0.3, 0.4) is 0 Å². The summed E-state index contributed by atoms with van der Waals surface area (Å²) in [5.41, 5.74) is 3.78. The maximum Gasteiger partial charge on any atom is 0.140 e. The molecule has 28 heavy (non-hydrogen) atoms. The quantitative estimate of drug-likeness (QED) is 0.709. The second-order valence-corrected chi connectivity index (χ2v) is 7.61. The minimum absolute atomic E-state index is 0.260. The van der Waals surface area contributed by atoms with Crippen LogP contribution in [0.25, 0.3) is 17.0 Å². The second-order valence-electron chi connectivity index (χ2n) is 7.61. The number of alkyl halides is 1. The van der Waals surface area contributed by atoms with Crippen molar-refractivity contribution in [1.82, 2.24) is 19.7 Å². The first kappa shape index (κ1) is 17.4. The number of halogens is 1. The van der Waals surface area contributed by atoms with E-state index in [0.717, 1.165) is 29.3 Å². The number of fused-ring (bicyclic) bond motifs is 1. The van der Waals surface area contributed by atoms with Gasteiger partial charge in [0.1, 0.15) is 23.4 Å². The second kappa shape index (κ2) is 7.05. The molecule has 4 heterocycles. The molecule has 0 spiro atoms. The Morgan fingerprint density at radius 3 is 2.96 bits per heavy atom. The molecular formula is C21H24FN5O. The van der Waals surface area contributed by atoms with Crippen LogP contribution in [0, 0.1) is 0 Å². The zero-order valence-electron chi connectivity index (χ0n) is 15.9. The number of nitrogens with zero attached hydrogens (tertiary/aromatic N) is 3. The highest BCUT2D eigenvalue weighted by molar-refractivity contribution is 5.64. The van der Waals surface area contributed by atoms with Crippen LogP contribution in [0.5, 0.6) is 5.75 Å². The van der Waals surface area contributed by atoms with Gasteiger partial charge in [-0.1, -0.05) is 6.07 Å². The average molecular weight is 381 g/mol.